The van der Waals surface area contributed by atoms with Gasteiger partial charge in [-0.05, 0) is 38.3 Å². The number of sulfonamides is 1. The third kappa shape index (κ3) is 3.52. The van der Waals surface area contributed by atoms with Gasteiger partial charge in [0.05, 0.1) is 10.6 Å². The number of hydrogen-bond acceptors (Lipinski definition) is 4. The number of aliphatic carboxylic acids is 1. The Morgan fingerprint density at radius 3 is 2.50 bits per heavy atom. The summed E-state index contributed by atoms with van der Waals surface area (Å²) in [5, 5.41) is 13.3. The van der Waals surface area contributed by atoms with E-state index in [1.54, 1.807) is 16.4 Å². The topological polar surface area (TPSA) is 92.5 Å². The molecule has 0 radical (unpaired) electrons. The molecule has 0 bridgehead atoms. The first-order chi connectivity index (χ1) is 12.3. The molecule has 26 heavy (non-hydrogen) atoms. The van der Waals surface area contributed by atoms with Crippen molar-refractivity contribution in [1.29, 1.82) is 0 Å². The van der Waals surface area contributed by atoms with Crippen LogP contribution in [-0.2, 0) is 27.8 Å². The molecule has 1 aliphatic rings. The molecule has 1 saturated heterocycles. The first-order valence-electron chi connectivity index (χ1n) is 8.63. The van der Waals surface area contributed by atoms with Gasteiger partial charge in [0.1, 0.15) is 6.54 Å². The number of hydrogen-bond donors (Lipinski definition) is 1. The zero-order chi connectivity index (χ0) is 18.9. The van der Waals surface area contributed by atoms with E-state index in [1.807, 2.05) is 26.0 Å². The molecule has 7 nitrogen and oxygen atoms in total. The quantitative estimate of drug-likeness (QED) is 0.831. The second kappa shape index (κ2) is 7.20. The molecule has 0 amide bonds. The molecule has 0 atom stereocenters. The summed E-state index contributed by atoms with van der Waals surface area (Å²) in [4.78, 5) is 11.3. The summed E-state index contributed by atoms with van der Waals surface area (Å²) in [6.07, 6.45) is 2.18. The van der Waals surface area contributed by atoms with E-state index < -0.39 is 16.0 Å². The van der Waals surface area contributed by atoms with Gasteiger partial charge in [-0.15, -0.1) is 0 Å². The highest BCUT2D eigenvalue weighted by atomic mass is 32.2. The highest BCUT2D eigenvalue weighted by molar-refractivity contribution is 7.89. The zero-order valence-electron chi connectivity index (χ0n) is 15.0. The molecule has 140 valence electrons. The number of carboxylic acids is 1. The molecule has 0 saturated carbocycles. The molecule has 0 unspecified atom stereocenters. The van der Waals surface area contributed by atoms with Gasteiger partial charge in [0.15, 0.2) is 0 Å². The van der Waals surface area contributed by atoms with E-state index in [1.165, 1.54) is 4.68 Å². The maximum absolute atomic E-state index is 13.0. The van der Waals surface area contributed by atoms with Crippen molar-refractivity contribution in [1.82, 2.24) is 14.1 Å². The Morgan fingerprint density at radius 1 is 1.19 bits per heavy atom. The minimum absolute atomic E-state index is 0.208. The van der Waals surface area contributed by atoms with E-state index in [-0.39, 0.29) is 6.54 Å². The van der Waals surface area contributed by atoms with Gasteiger partial charge in [0.2, 0.25) is 10.0 Å². The van der Waals surface area contributed by atoms with Gasteiger partial charge >= 0.3 is 5.97 Å². The van der Waals surface area contributed by atoms with E-state index in [0.717, 1.165) is 29.8 Å². The standard InChI is InChI=1S/C18H23N3O4S/c1-13-16(14(2)21(19-13)12-18(22)23)11-15-7-3-4-8-17(15)26(24,25)20-9-5-6-10-20/h3-4,7-8H,5-6,9-12H2,1-2H3,(H,22,23). The van der Waals surface area contributed by atoms with Crippen molar-refractivity contribution in [3.05, 3.63) is 46.8 Å². The normalized spacial score (nSPS) is 15.5. The van der Waals surface area contributed by atoms with Gasteiger partial charge < -0.3 is 5.11 Å². The summed E-state index contributed by atoms with van der Waals surface area (Å²) in [5.41, 5.74) is 3.05. The van der Waals surface area contributed by atoms with E-state index in [2.05, 4.69) is 5.10 Å². The van der Waals surface area contributed by atoms with Crippen molar-refractivity contribution in [2.45, 2.75) is 44.6 Å². The van der Waals surface area contributed by atoms with E-state index in [0.29, 0.717) is 30.0 Å². The van der Waals surface area contributed by atoms with E-state index in [9.17, 15) is 13.2 Å². The largest absolute Gasteiger partial charge is 0.480 e. The number of carbonyl (C=O) groups is 1. The second-order valence-corrected chi connectivity index (χ2v) is 8.50. The van der Waals surface area contributed by atoms with Crippen molar-refractivity contribution in [2.24, 2.45) is 0 Å². The number of benzene rings is 1. The number of aryl methyl sites for hydroxylation is 1. The smallest absolute Gasteiger partial charge is 0.325 e. The van der Waals surface area contributed by atoms with Crippen LogP contribution in [0.1, 0.15) is 35.4 Å². The fourth-order valence-corrected chi connectivity index (χ4v) is 5.17. The lowest BCUT2D eigenvalue weighted by atomic mass is 10.0. The van der Waals surface area contributed by atoms with Crippen LogP contribution in [0.4, 0.5) is 0 Å². The fourth-order valence-electron chi connectivity index (χ4n) is 3.43. The Labute approximate surface area is 153 Å². The Balaban J connectivity index is 1.97. The first kappa shape index (κ1) is 18.6. The lowest BCUT2D eigenvalue weighted by molar-refractivity contribution is -0.137. The molecule has 3 rings (SSSR count). The van der Waals surface area contributed by atoms with Crippen LogP contribution < -0.4 is 0 Å². The molecule has 2 heterocycles. The van der Waals surface area contributed by atoms with Crippen molar-refractivity contribution in [3.63, 3.8) is 0 Å². The Morgan fingerprint density at radius 2 is 1.85 bits per heavy atom. The van der Waals surface area contributed by atoms with E-state index in [4.69, 9.17) is 5.11 Å². The molecule has 1 aliphatic heterocycles. The van der Waals surface area contributed by atoms with Gasteiger partial charge in [-0.25, -0.2) is 8.42 Å². The molecule has 0 aliphatic carbocycles. The maximum Gasteiger partial charge on any atom is 0.325 e. The van der Waals surface area contributed by atoms with Gasteiger partial charge in [0.25, 0.3) is 0 Å². The first-order valence-corrected chi connectivity index (χ1v) is 10.1. The highest BCUT2D eigenvalue weighted by Crippen LogP contribution is 2.27. The van der Waals surface area contributed by atoms with Crippen molar-refractivity contribution < 1.29 is 18.3 Å². The lowest BCUT2D eigenvalue weighted by Gasteiger charge is -2.18. The van der Waals surface area contributed by atoms with Crippen LogP contribution in [-0.4, -0.2) is 46.7 Å². The lowest BCUT2D eigenvalue weighted by Crippen LogP contribution is -2.28. The third-order valence-corrected chi connectivity index (χ3v) is 6.84. The molecule has 0 spiro atoms. The van der Waals surface area contributed by atoms with Crippen molar-refractivity contribution in [2.75, 3.05) is 13.1 Å². The number of nitrogens with zero attached hydrogens (tertiary/aromatic N) is 3. The van der Waals surface area contributed by atoms with Crippen molar-refractivity contribution >= 4 is 16.0 Å². The second-order valence-electron chi connectivity index (χ2n) is 6.60. The number of rotatable bonds is 6. The van der Waals surface area contributed by atoms with Gasteiger partial charge in [-0.1, -0.05) is 18.2 Å². The Kier molecular flexibility index (Phi) is 5.15. The molecule has 1 fully saturated rings. The monoisotopic (exact) mass is 377 g/mol. The highest BCUT2D eigenvalue weighted by Gasteiger charge is 2.29. The molecule has 1 N–H and O–H groups in total. The predicted octanol–water partition coefficient (Wildman–Crippen LogP) is 1.96. The molecule has 8 heteroatoms. The third-order valence-electron chi connectivity index (χ3n) is 4.84. The van der Waals surface area contributed by atoms with Gasteiger partial charge in [-0.2, -0.15) is 9.40 Å². The van der Waals surface area contributed by atoms with Crippen LogP contribution in [0.15, 0.2) is 29.2 Å². The van der Waals surface area contributed by atoms with Crippen LogP contribution in [0.2, 0.25) is 0 Å². The molecular formula is C18H23N3O4S. The molecule has 1 aromatic carbocycles. The van der Waals surface area contributed by atoms with Crippen molar-refractivity contribution in [3.8, 4) is 0 Å². The van der Waals surface area contributed by atoms with Crippen LogP contribution >= 0.6 is 0 Å². The average molecular weight is 377 g/mol. The summed E-state index contributed by atoms with van der Waals surface area (Å²) >= 11 is 0. The van der Waals surface area contributed by atoms with Crippen LogP contribution in [0.25, 0.3) is 0 Å². The summed E-state index contributed by atoms with van der Waals surface area (Å²) in [7, 11) is -3.52. The number of aromatic nitrogens is 2. The zero-order valence-corrected chi connectivity index (χ0v) is 15.8. The maximum atomic E-state index is 13.0. The van der Waals surface area contributed by atoms with Gasteiger partial charge in [0, 0.05) is 30.8 Å². The van der Waals surface area contributed by atoms with Crippen LogP contribution in [0.3, 0.4) is 0 Å². The summed E-state index contributed by atoms with van der Waals surface area (Å²) in [6, 6.07) is 7.02. The van der Waals surface area contributed by atoms with E-state index >= 15 is 0 Å². The molecule has 1 aromatic heterocycles. The summed E-state index contributed by atoms with van der Waals surface area (Å²) in [5.74, 6) is -0.959. The SMILES string of the molecule is Cc1nn(CC(=O)O)c(C)c1Cc1ccccc1S(=O)(=O)N1CCCC1. The minimum atomic E-state index is -3.52. The minimum Gasteiger partial charge on any atom is -0.480 e. The van der Waals surface area contributed by atoms with Crippen LogP contribution in [0, 0.1) is 13.8 Å². The molecule has 2 aromatic rings. The average Bonchev–Trinajstić information content (AvgIpc) is 3.20. The van der Waals surface area contributed by atoms with Gasteiger partial charge in [-0.3, -0.25) is 9.48 Å². The summed E-state index contributed by atoms with van der Waals surface area (Å²) < 4.78 is 29.0. The molecular weight excluding hydrogens is 354 g/mol. The summed E-state index contributed by atoms with van der Waals surface area (Å²) in [6.45, 7) is 4.55. The van der Waals surface area contributed by atoms with Crippen LogP contribution in [0.5, 0.6) is 0 Å². The Hall–Kier alpha value is -2.19. The Bertz CT molecular complexity index is 928. The fraction of sp³-hybridized carbons (Fsp3) is 0.444. The number of carboxylic acid groups (broad SMARTS) is 1. The predicted molar refractivity (Wildman–Crippen MR) is 96.6 cm³/mol.